The second-order valence-electron chi connectivity index (χ2n) is 4.14. The van der Waals surface area contributed by atoms with Crippen LogP contribution >= 0.6 is 0 Å². The first-order valence-electron chi connectivity index (χ1n) is 5.45. The monoisotopic (exact) mass is 254 g/mol. The zero-order chi connectivity index (χ0) is 12.3. The zero-order valence-corrected chi connectivity index (χ0v) is 10.1. The van der Waals surface area contributed by atoms with Crippen molar-refractivity contribution in [3.63, 3.8) is 0 Å². The van der Waals surface area contributed by atoms with E-state index in [-0.39, 0.29) is 17.4 Å². The number of nitrogens with one attached hydrogen (secondary N) is 1. The van der Waals surface area contributed by atoms with Crippen LogP contribution in [-0.2, 0) is 21.2 Å². The topological polar surface area (TPSA) is 76.1 Å². The number of aromatic nitrogens is 1. The second kappa shape index (κ2) is 4.83. The van der Waals surface area contributed by atoms with Gasteiger partial charge >= 0.3 is 0 Å². The Labute approximate surface area is 100 Å². The van der Waals surface area contributed by atoms with E-state index in [0.717, 1.165) is 5.69 Å². The minimum Gasteiger partial charge on any atom is -0.350 e. The average molecular weight is 254 g/mol. The molecule has 0 aromatic carbocycles. The Morgan fingerprint density at radius 1 is 1.47 bits per heavy atom. The molecule has 1 atom stereocenters. The Balaban J connectivity index is 1.87. The van der Waals surface area contributed by atoms with E-state index in [1.54, 1.807) is 12.3 Å². The predicted molar refractivity (Wildman–Crippen MR) is 62.8 cm³/mol. The molecule has 1 aliphatic rings. The van der Waals surface area contributed by atoms with E-state index in [1.807, 2.05) is 12.1 Å². The quantitative estimate of drug-likeness (QED) is 0.832. The van der Waals surface area contributed by atoms with Crippen molar-refractivity contribution in [3.8, 4) is 0 Å². The summed E-state index contributed by atoms with van der Waals surface area (Å²) in [6.07, 6.45) is 2.08. The lowest BCUT2D eigenvalue weighted by Crippen LogP contribution is -2.31. The molecule has 92 valence electrons. The van der Waals surface area contributed by atoms with E-state index in [0.29, 0.717) is 13.0 Å². The smallest absolute Gasteiger partial charge is 0.224 e. The van der Waals surface area contributed by atoms with E-state index in [9.17, 15) is 13.2 Å². The van der Waals surface area contributed by atoms with Crippen LogP contribution in [0.1, 0.15) is 12.1 Å². The zero-order valence-electron chi connectivity index (χ0n) is 9.30. The summed E-state index contributed by atoms with van der Waals surface area (Å²) in [5.74, 6) is -0.504. The lowest BCUT2D eigenvalue weighted by atomic mass is 10.1. The summed E-state index contributed by atoms with van der Waals surface area (Å²) < 4.78 is 22.5. The number of rotatable bonds is 3. The van der Waals surface area contributed by atoms with Crippen LogP contribution in [0.25, 0.3) is 0 Å². The first-order chi connectivity index (χ1) is 8.07. The summed E-state index contributed by atoms with van der Waals surface area (Å²) in [7, 11) is -3.00. The lowest BCUT2D eigenvalue weighted by Gasteiger charge is -2.08. The van der Waals surface area contributed by atoms with Crippen molar-refractivity contribution in [2.24, 2.45) is 5.92 Å². The van der Waals surface area contributed by atoms with Crippen molar-refractivity contribution < 1.29 is 13.2 Å². The van der Waals surface area contributed by atoms with Crippen LogP contribution in [0.3, 0.4) is 0 Å². The Morgan fingerprint density at radius 3 is 2.88 bits per heavy atom. The van der Waals surface area contributed by atoms with E-state index in [4.69, 9.17) is 0 Å². The third kappa shape index (κ3) is 3.26. The van der Waals surface area contributed by atoms with Crippen molar-refractivity contribution in [3.05, 3.63) is 30.1 Å². The highest BCUT2D eigenvalue weighted by molar-refractivity contribution is 7.91. The molecule has 0 aliphatic carbocycles. The summed E-state index contributed by atoms with van der Waals surface area (Å²) in [5.41, 5.74) is 0.765. The number of carbonyl (C=O) groups excluding carboxylic acids is 1. The normalized spacial score (nSPS) is 22.2. The first kappa shape index (κ1) is 12.0. The second-order valence-corrected chi connectivity index (χ2v) is 6.37. The maximum Gasteiger partial charge on any atom is 0.224 e. The fraction of sp³-hybridized carbons (Fsp3) is 0.455. The first-order valence-corrected chi connectivity index (χ1v) is 7.27. The summed E-state index contributed by atoms with van der Waals surface area (Å²) in [6.45, 7) is 0.343. The van der Waals surface area contributed by atoms with Crippen LogP contribution in [0, 0.1) is 5.92 Å². The molecule has 1 aromatic rings. The lowest BCUT2D eigenvalue weighted by molar-refractivity contribution is -0.124. The number of sulfone groups is 1. The number of nitrogens with zero attached hydrogens (tertiary/aromatic N) is 1. The van der Waals surface area contributed by atoms with Crippen LogP contribution in [0.15, 0.2) is 24.4 Å². The van der Waals surface area contributed by atoms with Gasteiger partial charge in [-0.15, -0.1) is 0 Å². The van der Waals surface area contributed by atoms with Gasteiger partial charge < -0.3 is 5.32 Å². The average Bonchev–Trinajstić information content (AvgIpc) is 2.68. The van der Waals surface area contributed by atoms with Gasteiger partial charge in [0.15, 0.2) is 9.84 Å². The summed E-state index contributed by atoms with van der Waals surface area (Å²) in [6, 6.07) is 5.45. The van der Waals surface area contributed by atoms with Crippen molar-refractivity contribution in [1.82, 2.24) is 10.3 Å². The highest BCUT2D eigenvalue weighted by Crippen LogP contribution is 2.18. The SMILES string of the molecule is O=C(NCc1ccccn1)C1CCS(=O)(=O)C1. The molecular formula is C11H14N2O3S. The molecule has 1 saturated heterocycles. The summed E-state index contributed by atoms with van der Waals surface area (Å²) >= 11 is 0. The minimum absolute atomic E-state index is 0.0267. The van der Waals surface area contributed by atoms with Crippen LogP contribution in [-0.4, -0.2) is 30.8 Å². The standard InChI is InChI=1S/C11H14N2O3S/c14-11(9-4-6-17(15,16)8-9)13-7-10-3-1-2-5-12-10/h1-3,5,9H,4,6-8H2,(H,13,14). The molecule has 0 saturated carbocycles. The highest BCUT2D eigenvalue weighted by atomic mass is 32.2. The molecule has 0 bridgehead atoms. The van der Waals surface area contributed by atoms with Crippen molar-refractivity contribution in [2.75, 3.05) is 11.5 Å². The van der Waals surface area contributed by atoms with Gasteiger partial charge in [-0.2, -0.15) is 0 Å². The molecule has 2 heterocycles. The molecule has 1 N–H and O–H groups in total. The van der Waals surface area contributed by atoms with E-state index in [1.165, 1.54) is 0 Å². The number of hydrogen-bond acceptors (Lipinski definition) is 4. The Bertz CT molecular complexity index is 499. The van der Waals surface area contributed by atoms with Crippen LogP contribution in [0.5, 0.6) is 0 Å². The Hall–Kier alpha value is -1.43. The van der Waals surface area contributed by atoms with Crippen molar-refractivity contribution >= 4 is 15.7 Å². The molecule has 17 heavy (non-hydrogen) atoms. The van der Waals surface area contributed by atoms with Crippen LogP contribution in [0.4, 0.5) is 0 Å². The van der Waals surface area contributed by atoms with Gasteiger partial charge in [0.25, 0.3) is 0 Å². The van der Waals surface area contributed by atoms with Crippen LogP contribution < -0.4 is 5.32 Å². The summed E-state index contributed by atoms with van der Waals surface area (Å²) in [5, 5.41) is 2.71. The third-order valence-electron chi connectivity index (χ3n) is 2.77. The van der Waals surface area contributed by atoms with Gasteiger partial charge in [0.1, 0.15) is 0 Å². The number of pyridine rings is 1. The molecular weight excluding hydrogens is 240 g/mol. The van der Waals surface area contributed by atoms with Gasteiger partial charge in [-0.25, -0.2) is 8.42 Å². The van der Waals surface area contributed by atoms with E-state index >= 15 is 0 Å². The number of carbonyl (C=O) groups is 1. The van der Waals surface area contributed by atoms with Gasteiger partial charge in [-0.1, -0.05) is 6.07 Å². The molecule has 1 aromatic heterocycles. The largest absolute Gasteiger partial charge is 0.350 e. The minimum atomic E-state index is -3.00. The van der Waals surface area contributed by atoms with Gasteiger partial charge in [-0.05, 0) is 18.6 Å². The third-order valence-corrected chi connectivity index (χ3v) is 4.54. The Kier molecular flexibility index (Phi) is 3.42. The summed E-state index contributed by atoms with van der Waals surface area (Å²) in [4.78, 5) is 15.8. The molecule has 0 spiro atoms. The number of hydrogen-bond donors (Lipinski definition) is 1. The molecule has 1 amide bonds. The van der Waals surface area contributed by atoms with Gasteiger partial charge in [-0.3, -0.25) is 9.78 Å². The van der Waals surface area contributed by atoms with Crippen molar-refractivity contribution in [2.45, 2.75) is 13.0 Å². The Morgan fingerprint density at radius 2 is 2.29 bits per heavy atom. The van der Waals surface area contributed by atoms with Gasteiger partial charge in [0, 0.05) is 6.20 Å². The van der Waals surface area contributed by atoms with Gasteiger partial charge in [0.05, 0.1) is 29.7 Å². The van der Waals surface area contributed by atoms with Crippen LogP contribution in [0.2, 0.25) is 0 Å². The van der Waals surface area contributed by atoms with Gasteiger partial charge in [0.2, 0.25) is 5.91 Å². The molecule has 1 aliphatic heterocycles. The molecule has 2 rings (SSSR count). The fourth-order valence-electron chi connectivity index (χ4n) is 1.83. The van der Waals surface area contributed by atoms with Crippen molar-refractivity contribution in [1.29, 1.82) is 0 Å². The van der Waals surface area contributed by atoms with E-state index < -0.39 is 15.8 Å². The predicted octanol–water partition coefficient (Wildman–Crippen LogP) is 0.132. The maximum absolute atomic E-state index is 11.7. The van der Waals surface area contributed by atoms with E-state index in [2.05, 4.69) is 10.3 Å². The molecule has 1 unspecified atom stereocenters. The number of amides is 1. The highest BCUT2D eigenvalue weighted by Gasteiger charge is 2.32. The molecule has 5 nitrogen and oxygen atoms in total. The molecule has 1 fully saturated rings. The fourth-order valence-corrected chi connectivity index (χ4v) is 3.57. The maximum atomic E-state index is 11.7. The molecule has 0 radical (unpaired) electrons. The molecule has 6 heteroatoms.